The molecule has 3 rings (SSSR count). The second-order valence-corrected chi connectivity index (χ2v) is 6.21. The van der Waals surface area contributed by atoms with Gasteiger partial charge >= 0.3 is 0 Å². The summed E-state index contributed by atoms with van der Waals surface area (Å²) >= 11 is 12.1. The first kappa shape index (κ1) is 17.3. The van der Waals surface area contributed by atoms with E-state index in [1.807, 2.05) is 47.3 Å². The fourth-order valence-electron chi connectivity index (χ4n) is 2.42. The number of para-hydroxylation sites is 1. The summed E-state index contributed by atoms with van der Waals surface area (Å²) < 4.78 is 1.88. The third-order valence-electron chi connectivity index (χ3n) is 3.68. The van der Waals surface area contributed by atoms with E-state index in [9.17, 15) is 4.79 Å². The smallest absolute Gasteiger partial charge is 0.273 e. The molecular formula is C19H15Cl2N3O. The molecule has 0 bridgehead atoms. The van der Waals surface area contributed by atoms with Gasteiger partial charge in [-0.25, -0.2) is 5.43 Å². The van der Waals surface area contributed by atoms with Gasteiger partial charge in [-0.15, -0.1) is 0 Å². The van der Waals surface area contributed by atoms with Gasteiger partial charge in [0.25, 0.3) is 5.91 Å². The van der Waals surface area contributed by atoms with Crippen LogP contribution >= 0.6 is 23.2 Å². The van der Waals surface area contributed by atoms with Crippen molar-refractivity contribution in [3.63, 3.8) is 0 Å². The third kappa shape index (κ3) is 3.92. The number of nitrogens with zero attached hydrogens (tertiary/aromatic N) is 2. The van der Waals surface area contributed by atoms with E-state index in [1.165, 1.54) is 0 Å². The number of carbonyl (C=O) groups excluding carboxylic acids is 1. The van der Waals surface area contributed by atoms with Gasteiger partial charge in [0.15, 0.2) is 0 Å². The molecule has 0 unspecified atom stereocenters. The van der Waals surface area contributed by atoms with Gasteiger partial charge in [0, 0.05) is 23.0 Å². The Balaban J connectivity index is 1.84. The van der Waals surface area contributed by atoms with Gasteiger partial charge in [0.2, 0.25) is 0 Å². The Bertz CT molecular complexity index is 934. The lowest BCUT2D eigenvalue weighted by atomic mass is 10.1. The standard InChI is InChI=1S/C19H15Cl2N3O/c1-13(15-9-8-14(20)12-17(15)21)22-23-19(25)16-6-2-3-7-18(16)24-10-4-5-11-24/h2-12H,1H3,(H,23,25)/b22-13+. The fraction of sp³-hybridized carbons (Fsp3) is 0.0526. The van der Waals surface area contributed by atoms with Gasteiger partial charge in [-0.3, -0.25) is 4.79 Å². The molecule has 0 fully saturated rings. The van der Waals surface area contributed by atoms with Crippen LogP contribution in [0.25, 0.3) is 5.69 Å². The van der Waals surface area contributed by atoms with Crippen molar-refractivity contribution in [2.45, 2.75) is 6.92 Å². The number of nitrogens with one attached hydrogen (secondary N) is 1. The average molecular weight is 372 g/mol. The highest BCUT2D eigenvalue weighted by Gasteiger charge is 2.12. The molecule has 0 spiro atoms. The van der Waals surface area contributed by atoms with Crippen LogP contribution in [0.1, 0.15) is 22.8 Å². The number of amides is 1. The molecule has 1 aromatic heterocycles. The van der Waals surface area contributed by atoms with Crippen LogP contribution in [0, 0.1) is 0 Å². The minimum atomic E-state index is -0.297. The molecule has 3 aromatic rings. The van der Waals surface area contributed by atoms with Crippen molar-refractivity contribution >= 4 is 34.8 Å². The molecule has 126 valence electrons. The van der Waals surface area contributed by atoms with E-state index in [2.05, 4.69) is 10.5 Å². The van der Waals surface area contributed by atoms with Crippen LogP contribution in [-0.4, -0.2) is 16.2 Å². The third-order valence-corrected chi connectivity index (χ3v) is 4.23. The zero-order valence-corrected chi connectivity index (χ0v) is 14.9. The number of rotatable bonds is 4. The fourth-order valence-corrected chi connectivity index (χ4v) is 2.97. The normalized spacial score (nSPS) is 11.4. The number of aromatic nitrogens is 1. The monoisotopic (exact) mass is 371 g/mol. The predicted molar refractivity (Wildman–Crippen MR) is 102 cm³/mol. The van der Waals surface area contributed by atoms with Crippen LogP contribution in [0.3, 0.4) is 0 Å². The largest absolute Gasteiger partial charge is 0.323 e. The Kier molecular flexibility index (Phi) is 5.22. The SMILES string of the molecule is C/C(=N\NC(=O)c1ccccc1-n1cccc1)c1ccc(Cl)cc1Cl. The molecule has 1 N–H and O–H groups in total. The molecule has 0 saturated heterocycles. The van der Waals surface area contributed by atoms with Crippen LogP contribution in [-0.2, 0) is 0 Å². The molecule has 1 heterocycles. The molecule has 1 amide bonds. The quantitative estimate of drug-likeness (QED) is 0.512. The van der Waals surface area contributed by atoms with Crippen LogP contribution in [0.15, 0.2) is 72.1 Å². The highest BCUT2D eigenvalue weighted by molar-refractivity contribution is 6.37. The number of halogens is 2. The number of benzene rings is 2. The molecule has 0 aliphatic heterocycles. The van der Waals surface area contributed by atoms with Gasteiger partial charge < -0.3 is 4.57 Å². The molecule has 0 aliphatic rings. The van der Waals surface area contributed by atoms with Gasteiger partial charge in [-0.2, -0.15) is 5.10 Å². The zero-order chi connectivity index (χ0) is 17.8. The van der Waals surface area contributed by atoms with Crippen LogP contribution in [0.4, 0.5) is 0 Å². The molecule has 2 aromatic carbocycles. The lowest BCUT2D eigenvalue weighted by Crippen LogP contribution is -2.21. The summed E-state index contributed by atoms with van der Waals surface area (Å²) in [7, 11) is 0. The first-order valence-electron chi connectivity index (χ1n) is 7.58. The van der Waals surface area contributed by atoms with Crippen LogP contribution in [0.5, 0.6) is 0 Å². The zero-order valence-electron chi connectivity index (χ0n) is 13.4. The Morgan fingerprint density at radius 3 is 2.44 bits per heavy atom. The molecule has 0 saturated carbocycles. The van der Waals surface area contributed by atoms with Crippen LogP contribution < -0.4 is 5.43 Å². The van der Waals surface area contributed by atoms with E-state index in [1.54, 1.807) is 31.2 Å². The van der Waals surface area contributed by atoms with E-state index in [0.717, 1.165) is 5.69 Å². The Labute approximate surface area is 155 Å². The summed E-state index contributed by atoms with van der Waals surface area (Å²) in [5.74, 6) is -0.297. The lowest BCUT2D eigenvalue weighted by Gasteiger charge is -2.10. The number of hydrazone groups is 1. The summed E-state index contributed by atoms with van der Waals surface area (Å²) in [6.45, 7) is 1.77. The maximum atomic E-state index is 12.5. The first-order valence-corrected chi connectivity index (χ1v) is 8.34. The Morgan fingerprint density at radius 2 is 1.72 bits per heavy atom. The lowest BCUT2D eigenvalue weighted by molar-refractivity contribution is 0.0955. The van der Waals surface area contributed by atoms with E-state index < -0.39 is 0 Å². The Hall–Kier alpha value is -2.56. The maximum Gasteiger partial charge on any atom is 0.273 e. The topological polar surface area (TPSA) is 46.4 Å². The molecule has 0 atom stereocenters. The molecule has 6 heteroatoms. The number of hydrogen-bond donors (Lipinski definition) is 1. The van der Waals surface area contributed by atoms with Crippen molar-refractivity contribution in [1.82, 2.24) is 9.99 Å². The maximum absolute atomic E-state index is 12.5. The van der Waals surface area contributed by atoms with E-state index in [4.69, 9.17) is 23.2 Å². The van der Waals surface area contributed by atoms with E-state index in [-0.39, 0.29) is 5.91 Å². The summed E-state index contributed by atoms with van der Waals surface area (Å²) in [5.41, 5.74) is 5.20. The molecule has 0 aliphatic carbocycles. The molecular weight excluding hydrogens is 357 g/mol. The second kappa shape index (κ2) is 7.55. The predicted octanol–water partition coefficient (Wildman–Crippen LogP) is 4.94. The highest BCUT2D eigenvalue weighted by atomic mass is 35.5. The van der Waals surface area contributed by atoms with Crippen molar-refractivity contribution in [1.29, 1.82) is 0 Å². The molecule has 4 nitrogen and oxygen atoms in total. The van der Waals surface area contributed by atoms with Crippen molar-refractivity contribution in [2.24, 2.45) is 5.10 Å². The molecule has 25 heavy (non-hydrogen) atoms. The van der Waals surface area contributed by atoms with Gasteiger partial charge in [-0.1, -0.05) is 41.4 Å². The summed E-state index contributed by atoms with van der Waals surface area (Å²) in [4.78, 5) is 12.5. The van der Waals surface area contributed by atoms with Crippen molar-refractivity contribution in [2.75, 3.05) is 0 Å². The van der Waals surface area contributed by atoms with E-state index >= 15 is 0 Å². The van der Waals surface area contributed by atoms with Gasteiger partial charge in [0.05, 0.1) is 22.0 Å². The van der Waals surface area contributed by atoms with Crippen molar-refractivity contribution < 1.29 is 4.79 Å². The summed E-state index contributed by atoms with van der Waals surface area (Å²) in [5, 5.41) is 5.19. The summed E-state index contributed by atoms with van der Waals surface area (Å²) in [6, 6.07) is 16.3. The average Bonchev–Trinajstić information content (AvgIpc) is 3.14. The summed E-state index contributed by atoms with van der Waals surface area (Å²) in [6.07, 6.45) is 3.77. The van der Waals surface area contributed by atoms with E-state index in [0.29, 0.717) is 26.9 Å². The molecule has 0 radical (unpaired) electrons. The van der Waals surface area contributed by atoms with Crippen LogP contribution in [0.2, 0.25) is 10.0 Å². The minimum absolute atomic E-state index is 0.297. The Morgan fingerprint density at radius 1 is 1.00 bits per heavy atom. The number of hydrogen-bond acceptors (Lipinski definition) is 2. The van der Waals surface area contributed by atoms with Crippen molar-refractivity contribution in [3.8, 4) is 5.69 Å². The van der Waals surface area contributed by atoms with Gasteiger partial charge in [0.1, 0.15) is 0 Å². The van der Waals surface area contributed by atoms with Crippen molar-refractivity contribution in [3.05, 3.63) is 88.2 Å². The first-order chi connectivity index (χ1) is 12.1. The minimum Gasteiger partial charge on any atom is -0.323 e. The second-order valence-electron chi connectivity index (χ2n) is 5.37. The number of carbonyl (C=O) groups is 1. The highest BCUT2D eigenvalue weighted by Crippen LogP contribution is 2.21. The van der Waals surface area contributed by atoms with Gasteiger partial charge in [-0.05, 0) is 43.3 Å².